The number of aliphatic hydroxyl groups is 4. The van der Waals surface area contributed by atoms with Crippen molar-refractivity contribution in [2.24, 2.45) is 0 Å². The molecule has 0 saturated heterocycles. The van der Waals surface area contributed by atoms with Crippen molar-refractivity contribution >= 4 is 5.97 Å². The van der Waals surface area contributed by atoms with Crippen LogP contribution in [-0.4, -0.2) is 50.0 Å². The molecular formula is C6H8O7. The third-order valence-corrected chi connectivity index (χ3v) is 1.56. The van der Waals surface area contributed by atoms with Gasteiger partial charge in [0.1, 0.15) is 12.2 Å². The Hall–Kier alpha value is -1.31. The van der Waals surface area contributed by atoms with Crippen LogP contribution in [0.2, 0.25) is 0 Å². The highest BCUT2D eigenvalue weighted by Crippen LogP contribution is 2.21. The molecule has 0 unspecified atom stereocenters. The summed E-state index contributed by atoms with van der Waals surface area (Å²) in [6.45, 7) is 0. The van der Waals surface area contributed by atoms with Crippen LogP contribution in [-0.2, 0) is 9.53 Å². The van der Waals surface area contributed by atoms with Crippen LogP contribution >= 0.6 is 0 Å². The van der Waals surface area contributed by atoms with E-state index in [1.54, 1.807) is 0 Å². The number of carboxylic acid groups (broad SMARTS) is 1. The Morgan fingerprint density at radius 3 is 2.31 bits per heavy atom. The summed E-state index contributed by atoms with van der Waals surface area (Å²) in [7, 11) is 0. The zero-order valence-electron chi connectivity index (χ0n) is 6.28. The number of rotatable bonds is 1. The quantitative estimate of drug-likeness (QED) is 0.322. The summed E-state index contributed by atoms with van der Waals surface area (Å²) in [5, 5.41) is 44.1. The van der Waals surface area contributed by atoms with Gasteiger partial charge in [-0.2, -0.15) is 0 Å². The molecule has 7 heteroatoms. The van der Waals surface area contributed by atoms with Crippen molar-refractivity contribution in [3.8, 4) is 0 Å². The van der Waals surface area contributed by atoms with E-state index in [-0.39, 0.29) is 0 Å². The van der Waals surface area contributed by atoms with E-state index in [2.05, 4.69) is 4.74 Å². The van der Waals surface area contributed by atoms with Crippen LogP contribution < -0.4 is 0 Å². The second-order valence-electron chi connectivity index (χ2n) is 2.46. The van der Waals surface area contributed by atoms with Gasteiger partial charge in [-0.15, -0.1) is 0 Å². The monoisotopic (exact) mass is 192 g/mol. The zero-order valence-corrected chi connectivity index (χ0v) is 6.28. The number of carbonyl (C=O) groups is 1. The molecule has 0 saturated carbocycles. The fourth-order valence-electron chi connectivity index (χ4n) is 0.863. The van der Waals surface area contributed by atoms with Crippen LogP contribution in [0.15, 0.2) is 11.5 Å². The molecular weight excluding hydrogens is 184 g/mol. The molecule has 0 spiro atoms. The summed E-state index contributed by atoms with van der Waals surface area (Å²) in [6, 6.07) is 0. The Labute approximate surface area is 72.1 Å². The van der Waals surface area contributed by atoms with Crippen molar-refractivity contribution in [2.75, 3.05) is 0 Å². The summed E-state index contributed by atoms with van der Waals surface area (Å²) in [5.74, 6) is -3.61. The summed E-state index contributed by atoms with van der Waals surface area (Å²) in [4.78, 5) is 10.3. The molecule has 3 atom stereocenters. The Morgan fingerprint density at radius 2 is 1.85 bits per heavy atom. The van der Waals surface area contributed by atoms with Gasteiger partial charge in [-0.05, 0) is 0 Å². The van der Waals surface area contributed by atoms with Crippen molar-refractivity contribution < 1.29 is 35.1 Å². The average Bonchev–Trinajstić information content (AvgIpc) is 2.07. The van der Waals surface area contributed by atoms with Gasteiger partial charge in [-0.3, -0.25) is 0 Å². The Kier molecular flexibility index (Phi) is 2.41. The Morgan fingerprint density at radius 1 is 1.31 bits per heavy atom. The lowest BCUT2D eigenvalue weighted by Crippen LogP contribution is -2.45. The summed E-state index contributed by atoms with van der Waals surface area (Å²) in [5.41, 5.74) is 0. The average molecular weight is 192 g/mol. The van der Waals surface area contributed by atoms with Gasteiger partial charge in [0, 0.05) is 0 Å². The highest BCUT2D eigenvalue weighted by molar-refractivity contribution is 5.85. The third kappa shape index (κ3) is 1.57. The summed E-state index contributed by atoms with van der Waals surface area (Å²) >= 11 is 0. The van der Waals surface area contributed by atoms with Crippen LogP contribution in [0, 0.1) is 0 Å². The van der Waals surface area contributed by atoms with E-state index in [4.69, 9.17) is 25.5 Å². The van der Waals surface area contributed by atoms with Gasteiger partial charge in [0.05, 0.1) is 0 Å². The van der Waals surface area contributed by atoms with Crippen molar-refractivity contribution in [3.63, 3.8) is 0 Å². The zero-order chi connectivity index (χ0) is 10.2. The molecule has 5 N–H and O–H groups in total. The maximum atomic E-state index is 10.3. The lowest BCUT2D eigenvalue weighted by Gasteiger charge is -2.28. The van der Waals surface area contributed by atoms with E-state index < -0.39 is 36.0 Å². The molecule has 13 heavy (non-hydrogen) atoms. The lowest BCUT2D eigenvalue weighted by molar-refractivity contribution is -0.194. The van der Waals surface area contributed by atoms with E-state index in [0.717, 1.165) is 0 Å². The maximum absolute atomic E-state index is 10.3. The van der Waals surface area contributed by atoms with Gasteiger partial charge in [-0.25, -0.2) is 4.79 Å². The van der Waals surface area contributed by atoms with Crippen LogP contribution in [0.25, 0.3) is 0 Å². The molecule has 1 heterocycles. The van der Waals surface area contributed by atoms with Crippen molar-refractivity contribution in [3.05, 3.63) is 11.5 Å². The Bertz CT molecular complexity index is 258. The predicted molar refractivity (Wildman–Crippen MR) is 36.4 cm³/mol. The standard InChI is InChI=1S/C6H8O7/c7-1-2(8)4(5(10)11)13-6(12)3(1)9/h1,3,6-9,12H,(H,10,11)/t1-,3+,6+/m0/s1. The molecule has 74 valence electrons. The molecule has 0 aliphatic carbocycles. The van der Waals surface area contributed by atoms with E-state index in [0.29, 0.717) is 0 Å². The molecule has 0 aromatic carbocycles. The molecule has 0 radical (unpaired) electrons. The number of ether oxygens (including phenoxy) is 1. The summed E-state index contributed by atoms with van der Waals surface area (Å²) in [6.07, 6.45) is -5.48. The van der Waals surface area contributed by atoms with Crippen LogP contribution in [0.5, 0.6) is 0 Å². The maximum Gasteiger partial charge on any atom is 0.375 e. The van der Waals surface area contributed by atoms with Crippen molar-refractivity contribution in [2.45, 2.75) is 18.5 Å². The molecule has 1 aliphatic rings. The molecule has 1 aliphatic heterocycles. The first-order chi connectivity index (χ1) is 5.95. The minimum atomic E-state index is -1.86. The van der Waals surface area contributed by atoms with Gasteiger partial charge in [0.25, 0.3) is 0 Å². The van der Waals surface area contributed by atoms with E-state index in [1.807, 2.05) is 0 Å². The van der Waals surface area contributed by atoms with Crippen LogP contribution in [0.3, 0.4) is 0 Å². The molecule has 0 bridgehead atoms. The second-order valence-corrected chi connectivity index (χ2v) is 2.46. The van der Waals surface area contributed by atoms with Gasteiger partial charge < -0.3 is 30.3 Å². The number of aliphatic hydroxyl groups excluding tert-OH is 4. The number of aliphatic carboxylic acids is 1. The van der Waals surface area contributed by atoms with Gasteiger partial charge in [0.15, 0.2) is 5.76 Å². The first-order valence-corrected chi connectivity index (χ1v) is 3.32. The van der Waals surface area contributed by atoms with Gasteiger partial charge in [0.2, 0.25) is 12.0 Å². The lowest BCUT2D eigenvalue weighted by atomic mass is 10.1. The number of hydrogen-bond donors (Lipinski definition) is 5. The smallest absolute Gasteiger partial charge is 0.375 e. The fraction of sp³-hybridized carbons (Fsp3) is 0.500. The molecule has 0 aromatic heterocycles. The number of carboxylic acids is 1. The molecule has 0 amide bonds. The normalized spacial score (nSPS) is 34.2. The van der Waals surface area contributed by atoms with E-state index in [1.165, 1.54) is 0 Å². The highest BCUT2D eigenvalue weighted by Gasteiger charge is 2.39. The minimum Gasteiger partial charge on any atom is -0.506 e. The minimum absolute atomic E-state index is 0.967. The van der Waals surface area contributed by atoms with Crippen LogP contribution in [0.1, 0.15) is 0 Å². The molecule has 7 nitrogen and oxygen atoms in total. The van der Waals surface area contributed by atoms with E-state index in [9.17, 15) is 4.79 Å². The van der Waals surface area contributed by atoms with Gasteiger partial charge in [-0.1, -0.05) is 0 Å². The topological polar surface area (TPSA) is 127 Å². The Balaban J connectivity index is 3.01. The first kappa shape index (κ1) is 9.78. The van der Waals surface area contributed by atoms with Gasteiger partial charge >= 0.3 is 5.97 Å². The predicted octanol–water partition coefficient (Wildman–Crippen LogP) is -2.09. The van der Waals surface area contributed by atoms with Crippen molar-refractivity contribution in [1.29, 1.82) is 0 Å². The van der Waals surface area contributed by atoms with Crippen molar-refractivity contribution in [1.82, 2.24) is 0 Å². The summed E-state index contributed by atoms with van der Waals surface area (Å²) < 4.78 is 4.22. The highest BCUT2D eigenvalue weighted by atomic mass is 16.6. The fourth-order valence-corrected chi connectivity index (χ4v) is 0.863. The third-order valence-electron chi connectivity index (χ3n) is 1.56. The first-order valence-electron chi connectivity index (χ1n) is 3.32. The largest absolute Gasteiger partial charge is 0.506 e. The molecule has 0 fully saturated rings. The SMILES string of the molecule is O=C(O)C1=C(O)[C@H](O)[C@@H](O)[C@H](O)O1. The van der Waals surface area contributed by atoms with Crippen LogP contribution in [0.4, 0.5) is 0 Å². The molecule has 0 aromatic rings. The second kappa shape index (κ2) is 3.21. The number of hydrogen-bond acceptors (Lipinski definition) is 6. The molecule has 1 rings (SSSR count). The van der Waals surface area contributed by atoms with E-state index >= 15 is 0 Å².